The molecule has 1 unspecified atom stereocenters. The van der Waals surface area contributed by atoms with Crippen LogP contribution in [0.25, 0.3) is 10.2 Å². The van der Waals surface area contributed by atoms with Gasteiger partial charge in [-0.15, -0.1) is 11.3 Å². The maximum atomic E-state index is 6.10. The molecular formula is C16H15N3OS. The molecule has 0 radical (unpaired) electrons. The second kappa shape index (κ2) is 4.70. The average molecular weight is 297 g/mol. The highest BCUT2D eigenvalue weighted by atomic mass is 32.1. The maximum absolute atomic E-state index is 6.10. The molecule has 0 aliphatic carbocycles. The first-order valence-corrected chi connectivity index (χ1v) is 7.86. The van der Waals surface area contributed by atoms with Crippen molar-refractivity contribution in [2.75, 3.05) is 5.73 Å². The van der Waals surface area contributed by atoms with Gasteiger partial charge in [-0.2, -0.15) is 0 Å². The van der Waals surface area contributed by atoms with E-state index in [1.54, 1.807) is 11.3 Å². The van der Waals surface area contributed by atoms with Crippen molar-refractivity contribution in [3.8, 4) is 5.75 Å². The third kappa shape index (κ3) is 2.05. The molecule has 1 aliphatic heterocycles. The number of nitrogens with zero attached hydrogens (tertiary/aromatic N) is 2. The highest BCUT2D eigenvalue weighted by molar-refractivity contribution is 7.18. The Kier molecular flexibility index (Phi) is 2.82. The molecule has 1 aromatic carbocycles. The van der Waals surface area contributed by atoms with Gasteiger partial charge in [-0.1, -0.05) is 25.1 Å². The zero-order valence-corrected chi connectivity index (χ0v) is 12.5. The number of benzene rings is 1. The summed E-state index contributed by atoms with van der Waals surface area (Å²) in [5.41, 5.74) is 7.30. The highest BCUT2D eigenvalue weighted by Crippen LogP contribution is 2.37. The molecule has 2 aromatic heterocycles. The molecule has 2 N–H and O–H groups in total. The molecule has 4 rings (SSSR count). The molecule has 3 heterocycles. The Bertz CT molecular complexity index is 803. The van der Waals surface area contributed by atoms with Crippen LogP contribution in [0.3, 0.4) is 0 Å². The van der Waals surface area contributed by atoms with E-state index in [0.717, 1.165) is 28.8 Å². The van der Waals surface area contributed by atoms with Gasteiger partial charge in [0, 0.05) is 11.3 Å². The Morgan fingerprint density at radius 2 is 2.19 bits per heavy atom. The van der Waals surface area contributed by atoms with E-state index in [9.17, 15) is 0 Å². The van der Waals surface area contributed by atoms with Crippen molar-refractivity contribution in [1.82, 2.24) is 9.97 Å². The number of rotatable bonds is 2. The molecule has 0 spiro atoms. The van der Waals surface area contributed by atoms with Gasteiger partial charge < -0.3 is 10.5 Å². The first-order valence-electron chi connectivity index (χ1n) is 7.05. The molecule has 5 heteroatoms. The lowest BCUT2D eigenvalue weighted by atomic mass is 10.1. The smallest absolute Gasteiger partial charge is 0.173 e. The molecule has 3 aromatic rings. The van der Waals surface area contributed by atoms with Crippen molar-refractivity contribution in [2.45, 2.75) is 25.9 Å². The standard InChI is InChI=1S/C16H15N3OS/c1-2-10-8-11-14(17)18-15(19-16(11)21-10)13-7-9-5-3-4-6-12(9)20-13/h3-6,8,13H,2,7H2,1H3,(H2,17,18,19). The number of aryl methyl sites for hydroxylation is 1. The molecule has 0 saturated heterocycles. The summed E-state index contributed by atoms with van der Waals surface area (Å²) in [6.45, 7) is 2.13. The minimum atomic E-state index is -0.138. The van der Waals surface area contributed by atoms with Crippen molar-refractivity contribution in [2.24, 2.45) is 0 Å². The minimum Gasteiger partial charge on any atom is -0.482 e. The van der Waals surface area contributed by atoms with Gasteiger partial charge in [-0.05, 0) is 24.1 Å². The van der Waals surface area contributed by atoms with E-state index in [0.29, 0.717) is 11.6 Å². The molecule has 0 amide bonds. The van der Waals surface area contributed by atoms with Crippen LogP contribution in [0.5, 0.6) is 5.75 Å². The number of hydrogen-bond acceptors (Lipinski definition) is 5. The number of hydrogen-bond donors (Lipinski definition) is 1. The van der Waals surface area contributed by atoms with E-state index < -0.39 is 0 Å². The highest BCUT2D eigenvalue weighted by Gasteiger charge is 2.27. The summed E-state index contributed by atoms with van der Waals surface area (Å²) in [6.07, 6.45) is 1.65. The van der Waals surface area contributed by atoms with Crippen LogP contribution in [0.1, 0.15) is 29.3 Å². The van der Waals surface area contributed by atoms with Gasteiger partial charge >= 0.3 is 0 Å². The van der Waals surface area contributed by atoms with E-state index in [1.165, 1.54) is 10.4 Å². The second-order valence-electron chi connectivity index (χ2n) is 5.17. The van der Waals surface area contributed by atoms with Crippen molar-refractivity contribution in [3.05, 3.63) is 46.6 Å². The zero-order chi connectivity index (χ0) is 14.4. The largest absolute Gasteiger partial charge is 0.482 e. The molecule has 0 fully saturated rings. The first-order chi connectivity index (χ1) is 10.2. The SMILES string of the molecule is CCc1cc2c(N)nc(C3Cc4ccccc4O3)nc2s1. The van der Waals surface area contributed by atoms with Crippen LogP contribution >= 0.6 is 11.3 Å². The van der Waals surface area contributed by atoms with Crippen LogP contribution in [0.4, 0.5) is 5.82 Å². The molecule has 4 nitrogen and oxygen atoms in total. The van der Waals surface area contributed by atoms with E-state index >= 15 is 0 Å². The molecule has 106 valence electrons. The van der Waals surface area contributed by atoms with Crippen molar-refractivity contribution in [1.29, 1.82) is 0 Å². The number of anilines is 1. The van der Waals surface area contributed by atoms with Crippen LogP contribution in [0.15, 0.2) is 30.3 Å². The van der Waals surface area contributed by atoms with Gasteiger partial charge in [-0.3, -0.25) is 0 Å². The van der Waals surface area contributed by atoms with Crippen molar-refractivity contribution in [3.63, 3.8) is 0 Å². The Hall–Kier alpha value is -2.14. The third-order valence-corrected chi connectivity index (χ3v) is 4.95. The Morgan fingerprint density at radius 1 is 1.33 bits per heavy atom. The Balaban J connectivity index is 1.75. The van der Waals surface area contributed by atoms with Crippen LogP contribution in [0, 0.1) is 0 Å². The summed E-state index contributed by atoms with van der Waals surface area (Å²) in [7, 11) is 0. The lowest BCUT2D eigenvalue weighted by Crippen LogP contribution is -2.09. The lowest BCUT2D eigenvalue weighted by molar-refractivity contribution is 0.228. The van der Waals surface area contributed by atoms with E-state index in [-0.39, 0.29) is 6.10 Å². The fraction of sp³-hybridized carbons (Fsp3) is 0.250. The van der Waals surface area contributed by atoms with Gasteiger partial charge in [0.25, 0.3) is 0 Å². The molecule has 0 bridgehead atoms. The van der Waals surface area contributed by atoms with Crippen LogP contribution in [-0.2, 0) is 12.8 Å². The van der Waals surface area contributed by atoms with Crippen LogP contribution in [-0.4, -0.2) is 9.97 Å². The summed E-state index contributed by atoms with van der Waals surface area (Å²) in [4.78, 5) is 11.4. The van der Waals surface area contributed by atoms with Gasteiger partial charge in [0.05, 0.1) is 5.39 Å². The van der Waals surface area contributed by atoms with Gasteiger partial charge in [-0.25, -0.2) is 9.97 Å². The summed E-state index contributed by atoms with van der Waals surface area (Å²) < 4.78 is 5.95. The monoisotopic (exact) mass is 297 g/mol. The summed E-state index contributed by atoms with van der Waals surface area (Å²) >= 11 is 1.68. The number of thiophene rings is 1. The fourth-order valence-electron chi connectivity index (χ4n) is 2.65. The zero-order valence-electron chi connectivity index (χ0n) is 11.7. The molecular weight excluding hydrogens is 282 g/mol. The number of para-hydroxylation sites is 1. The summed E-state index contributed by atoms with van der Waals surface area (Å²) in [6, 6.07) is 10.2. The average Bonchev–Trinajstić information content (AvgIpc) is 3.10. The quantitative estimate of drug-likeness (QED) is 0.786. The molecule has 21 heavy (non-hydrogen) atoms. The molecule has 1 atom stereocenters. The van der Waals surface area contributed by atoms with Crippen molar-refractivity contribution < 1.29 is 4.74 Å². The number of nitrogen functional groups attached to an aromatic ring is 1. The topological polar surface area (TPSA) is 61.0 Å². The first kappa shape index (κ1) is 12.6. The van der Waals surface area contributed by atoms with Crippen LogP contribution < -0.4 is 10.5 Å². The lowest BCUT2D eigenvalue weighted by Gasteiger charge is -2.09. The maximum Gasteiger partial charge on any atom is 0.173 e. The number of nitrogens with two attached hydrogens (primary N) is 1. The van der Waals surface area contributed by atoms with E-state index in [1.807, 2.05) is 18.2 Å². The molecule has 1 aliphatic rings. The van der Waals surface area contributed by atoms with Gasteiger partial charge in [0.2, 0.25) is 0 Å². The molecule has 0 saturated carbocycles. The van der Waals surface area contributed by atoms with E-state index in [2.05, 4.69) is 29.0 Å². The predicted molar refractivity (Wildman–Crippen MR) is 84.7 cm³/mol. The van der Waals surface area contributed by atoms with Crippen LogP contribution in [0.2, 0.25) is 0 Å². The van der Waals surface area contributed by atoms with Gasteiger partial charge in [0.15, 0.2) is 11.9 Å². The Labute approximate surface area is 126 Å². The van der Waals surface area contributed by atoms with Gasteiger partial charge in [0.1, 0.15) is 16.4 Å². The summed E-state index contributed by atoms with van der Waals surface area (Å²) in [5, 5.41) is 0.955. The number of ether oxygens (including phenoxy) is 1. The van der Waals surface area contributed by atoms with Crippen molar-refractivity contribution >= 4 is 27.4 Å². The fourth-order valence-corrected chi connectivity index (χ4v) is 3.64. The Morgan fingerprint density at radius 3 is 3.00 bits per heavy atom. The number of aromatic nitrogens is 2. The minimum absolute atomic E-state index is 0.138. The summed E-state index contributed by atoms with van der Waals surface area (Å²) in [5.74, 6) is 2.15. The predicted octanol–water partition coefficient (Wildman–Crippen LogP) is 3.51. The van der Waals surface area contributed by atoms with E-state index in [4.69, 9.17) is 10.5 Å². The third-order valence-electron chi connectivity index (χ3n) is 3.77. The second-order valence-corrected chi connectivity index (χ2v) is 6.29. The normalized spacial score (nSPS) is 16.9. The number of fused-ring (bicyclic) bond motifs is 2.